The second-order valence-corrected chi connectivity index (χ2v) is 8.40. The normalized spacial score (nSPS) is 41.9. The van der Waals surface area contributed by atoms with E-state index in [1.54, 1.807) is 0 Å². The highest BCUT2D eigenvalue weighted by atomic mass is 16.5. The molecule has 0 radical (unpaired) electrons. The summed E-state index contributed by atoms with van der Waals surface area (Å²) in [6, 6.07) is 0. The van der Waals surface area contributed by atoms with E-state index in [9.17, 15) is 9.59 Å². The van der Waals surface area contributed by atoms with Gasteiger partial charge >= 0.3 is 0 Å². The van der Waals surface area contributed by atoms with Crippen LogP contribution in [0.5, 0.6) is 0 Å². The third-order valence-corrected chi connectivity index (χ3v) is 6.51. The molecule has 5 nitrogen and oxygen atoms in total. The Labute approximate surface area is 138 Å². The van der Waals surface area contributed by atoms with Gasteiger partial charge < -0.3 is 15.0 Å². The molecule has 0 aromatic rings. The lowest BCUT2D eigenvalue weighted by molar-refractivity contribution is -0.149. The van der Waals surface area contributed by atoms with Gasteiger partial charge in [-0.25, -0.2) is 0 Å². The van der Waals surface area contributed by atoms with E-state index < -0.39 is 0 Å². The van der Waals surface area contributed by atoms with Crippen LogP contribution in [-0.4, -0.2) is 49.1 Å². The summed E-state index contributed by atoms with van der Waals surface area (Å²) in [7, 11) is 0. The summed E-state index contributed by atoms with van der Waals surface area (Å²) < 4.78 is 5.47. The van der Waals surface area contributed by atoms with Crippen molar-refractivity contribution in [3.63, 3.8) is 0 Å². The fourth-order valence-corrected chi connectivity index (χ4v) is 5.89. The zero-order valence-corrected chi connectivity index (χ0v) is 14.1. The average molecular weight is 320 g/mol. The minimum Gasteiger partial charge on any atom is -0.375 e. The maximum absolute atomic E-state index is 12.8. The lowest BCUT2D eigenvalue weighted by atomic mass is 9.49. The van der Waals surface area contributed by atoms with Crippen LogP contribution in [0.1, 0.15) is 45.4 Å². The molecule has 4 saturated carbocycles. The Balaban J connectivity index is 1.34. The first-order valence-corrected chi connectivity index (χ1v) is 9.22. The molecule has 5 aliphatic rings. The summed E-state index contributed by atoms with van der Waals surface area (Å²) in [5.74, 6) is 2.43. The van der Waals surface area contributed by atoms with Crippen molar-refractivity contribution < 1.29 is 14.3 Å². The van der Waals surface area contributed by atoms with Crippen LogP contribution in [0.15, 0.2) is 0 Å². The molecule has 0 aromatic carbocycles. The van der Waals surface area contributed by atoms with Crippen LogP contribution < -0.4 is 5.32 Å². The summed E-state index contributed by atoms with van der Waals surface area (Å²) in [5.41, 5.74) is -0.159. The predicted octanol–water partition coefficient (Wildman–Crippen LogP) is 1.57. The minimum atomic E-state index is -0.159. The lowest BCUT2D eigenvalue weighted by Gasteiger charge is -2.55. The van der Waals surface area contributed by atoms with E-state index in [0.717, 1.165) is 37.0 Å². The third kappa shape index (κ3) is 2.88. The highest BCUT2D eigenvalue weighted by Gasteiger charge is 2.54. The Bertz CT molecular complexity index is 469. The Hall–Kier alpha value is -1.10. The quantitative estimate of drug-likeness (QED) is 0.859. The molecule has 1 atom stereocenters. The first-order valence-electron chi connectivity index (χ1n) is 9.22. The van der Waals surface area contributed by atoms with Crippen LogP contribution in [0.3, 0.4) is 0 Å². The molecule has 2 amide bonds. The van der Waals surface area contributed by atoms with Gasteiger partial charge in [0, 0.05) is 18.5 Å². The monoisotopic (exact) mass is 320 g/mol. The highest BCUT2D eigenvalue weighted by molar-refractivity contribution is 5.88. The standard InChI is InChI=1S/C18H28N2O3/c1-12-11-20(2-3-23-12)16(21)10-19-17(22)18-7-13-4-14(8-18)6-15(5-13)9-18/h12-15H,2-11H2,1H3,(H,19,22)/t12-,13?,14?,15?,18?/m1/s1. The van der Waals surface area contributed by atoms with Crippen LogP contribution in [0.2, 0.25) is 0 Å². The van der Waals surface area contributed by atoms with Crippen molar-refractivity contribution in [1.82, 2.24) is 10.2 Å². The number of nitrogens with one attached hydrogen (secondary N) is 1. The summed E-state index contributed by atoms with van der Waals surface area (Å²) in [6.45, 7) is 3.99. The Morgan fingerprint density at radius 3 is 2.30 bits per heavy atom. The van der Waals surface area contributed by atoms with Crippen LogP contribution in [0.4, 0.5) is 0 Å². The molecular formula is C18H28N2O3. The summed E-state index contributed by atoms with van der Waals surface area (Å²) in [6.07, 6.45) is 7.23. The molecule has 23 heavy (non-hydrogen) atoms. The van der Waals surface area contributed by atoms with Gasteiger partial charge in [0.05, 0.1) is 19.3 Å². The van der Waals surface area contributed by atoms with Gasteiger partial charge in [-0.2, -0.15) is 0 Å². The summed E-state index contributed by atoms with van der Waals surface area (Å²) >= 11 is 0. The highest BCUT2D eigenvalue weighted by Crippen LogP contribution is 2.60. The Kier molecular flexibility index (Phi) is 3.87. The fourth-order valence-electron chi connectivity index (χ4n) is 5.89. The van der Waals surface area contributed by atoms with E-state index in [4.69, 9.17) is 4.74 Å². The summed E-state index contributed by atoms with van der Waals surface area (Å²) in [4.78, 5) is 27.0. The van der Waals surface area contributed by atoms with Crippen LogP contribution in [0.25, 0.3) is 0 Å². The molecule has 0 aromatic heterocycles. The molecule has 128 valence electrons. The van der Waals surface area contributed by atoms with E-state index in [-0.39, 0.29) is 29.9 Å². The van der Waals surface area contributed by atoms with Gasteiger partial charge in [-0.1, -0.05) is 0 Å². The van der Waals surface area contributed by atoms with Crippen LogP contribution in [-0.2, 0) is 14.3 Å². The van der Waals surface area contributed by atoms with Gasteiger partial charge in [0.1, 0.15) is 0 Å². The van der Waals surface area contributed by atoms with Crippen molar-refractivity contribution in [2.45, 2.75) is 51.6 Å². The fraction of sp³-hybridized carbons (Fsp3) is 0.889. The van der Waals surface area contributed by atoms with E-state index in [2.05, 4.69) is 5.32 Å². The molecule has 1 heterocycles. The van der Waals surface area contributed by atoms with E-state index in [0.29, 0.717) is 19.7 Å². The van der Waals surface area contributed by atoms with Gasteiger partial charge in [-0.05, 0) is 63.2 Å². The SMILES string of the molecule is C[C@@H]1CN(C(=O)CNC(=O)C23CC4CC(CC(C4)C2)C3)CCO1. The molecule has 4 bridgehead atoms. The van der Waals surface area contributed by atoms with Gasteiger partial charge in [0.15, 0.2) is 0 Å². The molecule has 0 unspecified atom stereocenters. The van der Waals surface area contributed by atoms with Crippen molar-refractivity contribution in [3.8, 4) is 0 Å². The number of morpholine rings is 1. The smallest absolute Gasteiger partial charge is 0.242 e. The molecule has 5 rings (SSSR count). The maximum atomic E-state index is 12.8. The molecular weight excluding hydrogens is 292 g/mol. The lowest BCUT2D eigenvalue weighted by Crippen LogP contribution is -2.55. The Morgan fingerprint density at radius 1 is 1.13 bits per heavy atom. The zero-order valence-electron chi connectivity index (χ0n) is 14.1. The van der Waals surface area contributed by atoms with Crippen molar-refractivity contribution in [2.75, 3.05) is 26.2 Å². The maximum Gasteiger partial charge on any atom is 0.242 e. The molecule has 1 aliphatic heterocycles. The predicted molar refractivity (Wildman–Crippen MR) is 85.6 cm³/mol. The number of ether oxygens (including phenoxy) is 1. The molecule has 0 spiro atoms. The number of amides is 2. The first-order chi connectivity index (χ1) is 11.0. The van der Waals surface area contributed by atoms with Crippen LogP contribution in [0, 0.1) is 23.2 Å². The van der Waals surface area contributed by atoms with Crippen molar-refractivity contribution in [3.05, 3.63) is 0 Å². The molecule has 5 fully saturated rings. The second-order valence-electron chi connectivity index (χ2n) is 8.40. The number of nitrogens with zero attached hydrogens (tertiary/aromatic N) is 1. The molecule has 5 heteroatoms. The van der Waals surface area contributed by atoms with Crippen molar-refractivity contribution >= 4 is 11.8 Å². The van der Waals surface area contributed by atoms with Gasteiger partial charge in [-0.15, -0.1) is 0 Å². The number of rotatable bonds is 3. The van der Waals surface area contributed by atoms with Gasteiger partial charge in [-0.3, -0.25) is 9.59 Å². The number of carbonyl (C=O) groups excluding carboxylic acids is 2. The van der Waals surface area contributed by atoms with E-state index in [1.807, 2.05) is 11.8 Å². The molecule has 1 N–H and O–H groups in total. The molecule has 1 saturated heterocycles. The minimum absolute atomic E-state index is 0.0261. The topological polar surface area (TPSA) is 58.6 Å². The zero-order chi connectivity index (χ0) is 16.0. The number of hydrogen-bond acceptors (Lipinski definition) is 3. The third-order valence-electron chi connectivity index (χ3n) is 6.51. The largest absolute Gasteiger partial charge is 0.375 e. The van der Waals surface area contributed by atoms with Crippen molar-refractivity contribution in [2.24, 2.45) is 23.2 Å². The van der Waals surface area contributed by atoms with Crippen LogP contribution >= 0.6 is 0 Å². The Morgan fingerprint density at radius 2 is 1.74 bits per heavy atom. The first kappa shape index (κ1) is 15.4. The van der Waals surface area contributed by atoms with Gasteiger partial charge in [0.2, 0.25) is 11.8 Å². The van der Waals surface area contributed by atoms with E-state index in [1.165, 1.54) is 19.3 Å². The summed E-state index contributed by atoms with van der Waals surface area (Å²) in [5, 5.41) is 2.98. The molecule has 4 aliphatic carbocycles. The second kappa shape index (κ2) is 5.76. The average Bonchev–Trinajstić information content (AvgIpc) is 2.51. The van der Waals surface area contributed by atoms with E-state index >= 15 is 0 Å². The number of hydrogen-bond donors (Lipinski definition) is 1. The van der Waals surface area contributed by atoms with Crippen molar-refractivity contribution in [1.29, 1.82) is 0 Å². The van der Waals surface area contributed by atoms with Gasteiger partial charge in [0.25, 0.3) is 0 Å². The number of carbonyl (C=O) groups is 2.